The lowest BCUT2D eigenvalue weighted by Gasteiger charge is -2.37. The van der Waals surface area contributed by atoms with Gasteiger partial charge in [-0.2, -0.15) is 5.26 Å². The topological polar surface area (TPSA) is 91.7 Å². The average Bonchev–Trinajstić information content (AvgIpc) is 2.84. The molecule has 1 unspecified atom stereocenters. The van der Waals surface area contributed by atoms with Crippen LogP contribution in [0.4, 0.5) is 0 Å². The van der Waals surface area contributed by atoms with Crippen LogP contribution in [0.25, 0.3) is 0 Å². The summed E-state index contributed by atoms with van der Waals surface area (Å²) in [4.78, 5) is 0. The fourth-order valence-corrected chi connectivity index (χ4v) is 3.94. The standard InChI is InChI=1S/C10H18N3O3P/c1-8-9-5-10(7-14,16-8)6-13(9)17(12)15-4-2-3-11/h8-9,14H,2,4-7,12H2,1H3/t8-,9-,10+,17?/m0/s1. The third-order valence-electron chi connectivity index (χ3n) is 3.37. The third kappa shape index (κ3) is 2.45. The van der Waals surface area contributed by atoms with Crippen molar-refractivity contribution in [3.05, 3.63) is 0 Å². The van der Waals surface area contributed by atoms with Crippen molar-refractivity contribution in [2.45, 2.75) is 37.5 Å². The molecular formula is C10H18N3O3P. The number of hydrogen-bond acceptors (Lipinski definition) is 6. The molecular weight excluding hydrogens is 241 g/mol. The molecule has 0 amide bonds. The monoisotopic (exact) mass is 259 g/mol. The molecule has 3 N–H and O–H groups in total. The summed E-state index contributed by atoms with van der Waals surface area (Å²) < 4.78 is 13.3. The van der Waals surface area contributed by atoms with E-state index in [0.29, 0.717) is 19.6 Å². The first-order valence-electron chi connectivity index (χ1n) is 5.72. The Morgan fingerprint density at radius 3 is 3.12 bits per heavy atom. The van der Waals surface area contributed by atoms with Crippen molar-refractivity contribution in [1.82, 2.24) is 4.67 Å². The number of nitrogens with two attached hydrogens (primary N) is 1. The third-order valence-corrected chi connectivity index (χ3v) is 4.76. The van der Waals surface area contributed by atoms with E-state index < -0.39 is 14.1 Å². The molecule has 17 heavy (non-hydrogen) atoms. The maximum Gasteiger partial charge on any atom is 0.182 e. The molecule has 2 bridgehead atoms. The molecule has 2 aliphatic rings. The lowest BCUT2D eigenvalue weighted by atomic mass is 10.0. The van der Waals surface area contributed by atoms with E-state index in [4.69, 9.17) is 20.0 Å². The lowest BCUT2D eigenvalue weighted by molar-refractivity contribution is -0.0959. The van der Waals surface area contributed by atoms with E-state index >= 15 is 0 Å². The molecule has 0 spiro atoms. The van der Waals surface area contributed by atoms with E-state index in [1.165, 1.54) is 0 Å². The molecule has 0 aliphatic carbocycles. The molecule has 2 fully saturated rings. The summed E-state index contributed by atoms with van der Waals surface area (Å²) in [6.07, 6.45) is 1.23. The van der Waals surface area contributed by atoms with Crippen LogP contribution in [-0.4, -0.2) is 47.3 Å². The van der Waals surface area contributed by atoms with Crippen molar-refractivity contribution in [3.63, 3.8) is 0 Å². The smallest absolute Gasteiger partial charge is 0.182 e. The van der Waals surface area contributed by atoms with E-state index in [2.05, 4.69) is 4.67 Å². The number of hydrogen-bond donors (Lipinski definition) is 2. The fraction of sp³-hybridized carbons (Fsp3) is 0.900. The quantitative estimate of drug-likeness (QED) is 0.546. The van der Waals surface area contributed by atoms with Crippen molar-refractivity contribution < 1.29 is 14.4 Å². The van der Waals surface area contributed by atoms with Crippen LogP contribution in [0.15, 0.2) is 0 Å². The number of aliphatic hydroxyl groups excluding tert-OH is 1. The van der Waals surface area contributed by atoms with Gasteiger partial charge in [0.2, 0.25) is 0 Å². The minimum absolute atomic E-state index is 0.0196. The first-order chi connectivity index (χ1) is 8.12. The Labute approximate surface area is 102 Å². The summed E-state index contributed by atoms with van der Waals surface area (Å²) in [6, 6.07) is 2.24. The number of rotatable bonds is 5. The van der Waals surface area contributed by atoms with E-state index in [1.807, 2.05) is 13.0 Å². The molecule has 2 heterocycles. The highest BCUT2D eigenvalue weighted by molar-refractivity contribution is 7.47. The highest BCUT2D eigenvalue weighted by atomic mass is 31.2. The second-order valence-corrected chi connectivity index (χ2v) is 5.95. The zero-order valence-electron chi connectivity index (χ0n) is 9.87. The van der Waals surface area contributed by atoms with Gasteiger partial charge in [-0.15, -0.1) is 0 Å². The minimum atomic E-state index is -1.18. The highest BCUT2D eigenvalue weighted by Crippen LogP contribution is 2.50. The predicted molar refractivity (Wildman–Crippen MR) is 62.8 cm³/mol. The predicted octanol–water partition coefficient (Wildman–Crippen LogP) is 0.326. The first kappa shape index (κ1) is 13.2. The van der Waals surface area contributed by atoms with Crippen LogP contribution in [0.3, 0.4) is 0 Å². The van der Waals surface area contributed by atoms with Crippen molar-refractivity contribution in [2.75, 3.05) is 19.8 Å². The number of nitriles is 1. The molecule has 0 saturated carbocycles. The van der Waals surface area contributed by atoms with Gasteiger partial charge >= 0.3 is 0 Å². The summed E-state index contributed by atoms with van der Waals surface area (Å²) in [5.41, 5.74) is 5.55. The van der Waals surface area contributed by atoms with Crippen LogP contribution < -0.4 is 5.50 Å². The molecule has 0 aromatic rings. The van der Waals surface area contributed by atoms with Gasteiger partial charge in [0.25, 0.3) is 0 Å². The van der Waals surface area contributed by atoms with Crippen LogP contribution in [0.5, 0.6) is 0 Å². The maximum atomic E-state index is 9.41. The van der Waals surface area contributed by atoms with Crippen molar-refractivity contribution >= 4 is 8.45 Å². The van der Waals surface area contributed by atoms with E-state index in [-0.39, 0.29) is 18.8 Å². The largest absolute Gasteiger partial charge is 0.393 e. The van der Waals surface area contributed by atoms with Crippen LogP contribution >= 0.6 is 8.45 Å². The number of nitrogens with zero attached hydrogens (tertiary/aromatic N) is 2. The van der Waals surface area contributed by atoms with Gasteiger partial charge in [-0.05, 0) is 13.3 Å². The Kier molecular flexibility index (Phi) is 3.99. The Morgan fingerprint density at radius 1 is 1.76 bits per heavy atom. The summed E-state index contributed by atoms with van der Waals surface area (Å²) >= 11 is 0. The van der Waals surface area contributed by atoms with Crippen LogP contribution in [0.2, 0.25) is 0 Å². The van der Waals surface area contributed by atoms with Crippen molar-refractivity contribution in [1.29, 1.82) is 5.26 Å². The Hall–Kier alpha value is -0.280. The maximum absolute atomic E-state index is 9.41. The van der Waals surface area contributed by atoms with E-state index in [1.54, 1.807) is 0 Å². The summed E-state index contributed by atoms with van der Waals surface area (Å²) in [5.74, 6) is 0. The molecule has 7 heteroatoms. The number of morpholine rings is 1. The zero-order valence-corrected chi connectivity index (χ0v) is 10.8. The van der Waals surface area contributed by atoms with Gasteiger partial charge < -0.3 is 14.4 Å². The van der Waals surface area contributed by atoms with Gasteiger partial charge in [0.1, 0.15) is 5.60 Å². The zero-order chi connectivity index (χ0) is 12.5. The molecule has 0 aromatic heterocycles. The van der Waals surface area contributed by atoms with Crippen LogP contribution in [0, 0.1) is 11.3 Å². The van der Waals surface area contributed by atoms with Crippen molar-refractivity contribution in [3.8, 4) is 6.07 Å². The molecule has 96 valence electrons. The second-order valence-electron chi connectivity index (χ2n) is 4.58. The Morgan fingerprint density at radius 2 is 2.53 bits per heavy atom. The average molecular weight is 259 g/mol. The Bertz CT molecular complexity index is 324. The second kappa shape index (κ2) is 5.15. The van der Waals surface area contributed by atoms with Gasteiger partial charge in [-0.25, -0.2) is 4.67 Å². The lowest BCUT2D eigenvalue weighted by Crippen LogP contribution is -2.46. The molecule has 2 saturated heterocycles. The summed E-state index contributed by atoms with van der Waals surface area (Å²) in [7, 11) is -1.18. The van der Waals surface area contributed by atoms with Gasteiger partial charge in [-0.1, -0.05) is 0 Å². The number of ether oxygens (including phenoxy) is 1. The molecule has 0 aromatic carbocycles. The fourth-order valence-electron chi connectivity index (χ4n) is 2.56. The van der Waals surface area contributed by atoms with Gasteiger partial charge in [-0.3, -0.25) is 5.50 Å². The Balaban J connectivity index is 1.93. The van der Waals surface area contributed by atoms with Crippen molar-refractivity contribution in [2.24, 2.45) is 5.50 Å². The van der Waals surface area contributed by atoms with Gasteiger partial charge in [0.05, 0.1) is 31.8 Å². The minimum Gasteiger partial charge on any atom is -0.393 e. The SMILES string of the molecule is C[C@@H]1O[C@]2(CO)C[C@@H]1N(P(N)OCCC#N)C2. The van der Waals surface area contributed by atoms with Gasteiger partial charge in [0.15, 0.2) is 8.45 Å². The van der Waals surface area contributed by atoms with E-state index in [9.17, 15) is 5.11 Å². The molecule has 2 aliphatic heterocycles. The van der Waals surface area contributed by atoms with E-state index in [0.717, 1.165) is 6.42 Å². The summed E-state index contributed by atoms with van der Waals surface area (Å²) in [6.45, 7) is 2.99. The van der Waals surface area contributed by atoms with Crippen LogP contribution in [0.1, 0.15) is 19.8 Å². The number of aliphatic hydroxyl groups is 1. The molecule has 4 atom stereocenters. The number of fused-ring (bicyclic) bond motifs is 2. The molecule has 2 rings (SSSR count). The first-order valence-corrected chi connectivity index (χ1v) is 7.00. The molecule has 6 nitrogen and oxygen atoms in total. The molecule has 0 radical (unpaired) electrons. The summed E-state index contributed by atoms with van der Waals surface area (Å²) in [5, 5.41) is 17.8. The van der Waals surface area contributed by atoms with Crippen LogP contribution in [-0.2, 0) is 9.26 Å². The normalized spacial score (nSPS) is 38.2. The highest BCUT2D eigenvalue weighted by Gasteiger charge is 2.56. The van der Waals surface area contributed by atoms with Gasteiger partial charge in [0, 0.05) is 12.6 Å².